The third-order valence-electron chi connectivity index (χ3n) is 2.99. The predicted molar refractivity (Wildman–Crippen MR) is 60.5 cm³/mol. The molecular weight excluding hydrogens is 192 g/mol. The minimum Gasteiger partial charge on any atom is -0.328 e. The molecule has 0 bridgehead atoms. The van der Waals surface area contributed by atoms with Crippen molar-refractivity contribution in [3.63, 3.8) is 0 Å². The van der Waals surface area contributed by atoms with Crippen molar-refractivity contribution in [3.8, 4) is 0 Å². The summed E-state index contributed by atoms with van der Waals surface area (Å²) < 4.78 is 0. The van der Waals surface area contributed by atoms with Crippen LogP contribution in [0.3, 0.4) is 0 Å². The molecule has 0 aliphatic heterocycles. The molecule has 1 aliphatic carbocycles. The average molecular weight is 210 g/mol. The molecule has 1 saturated carbocycles. The van der Waals surface area contributed by atoms with Gasteiger partial charge in [-0.25, -0.2) is 4.98 Å². The van der Waals surface area contributed by atoms with E-state index in [2.05, 4.69) is 17.3 Å². The molecule has 2 nitrogen and oxygen atoms in total. The van der Waals surface area contributed by atoms with Crippen LogP contribution in [0.5, 0.6) is 0 Å². The van der Waals surface area contributed by atoms with Gasteiger partial charge >= 0.3 is 0 Å². The summed E-state index contributed by atoms with van der Waals surface area (Å²) >= 11 is 1.75. The van der Waals surface area contributed by atoms with Gasteiger partial charge in [-0.2, -0.15) is 0 Å². The van der Waals surface area contributed by atoms with Gasteiger partial charge in [-0.05, 0) is 38.5 Å². The highest BCUT2D eigenvalue weighted by atomic mass is 32.1. The minimum atomic E-state index is 0.438. The summed E-state index contributed by atoms with van der Waals surface area (Å²) in [6, 6.07) is 0.438. The van der Waals surface area contributed by atoms with Crippen molar-refractivity contribution >= 4 is 11.3 Å². The van der Waals surface area contributed by atoms with Crippen molar-refractivity contribution < 1.29 is 0 Å². The van der Waals surface area contributed by atoms with Gasteiger partial charge in [0.15, 0.2) is 0 Å². The molecule has 2 unspecified atom stereocenters. The molecule has 0 radical (unpaired) electrons. The Kier molecular flexibility index (Phi) is 3.19. The highest BCUT2D eigenvalue weighted by molar-refractivity contribution is 7.09. The van der Waals surface area contributed by atoms with Crippen LogP contribution in [0.2, 0.25) is 0 Å². The van der Waals surface area contributed by atoms with Crippen LogP contribution in [0.15, 0.2) is 5.38 Å². The Morgan fingerprint density at radius 3 is 3.07 bits per heavy atom. The van der Waals surface area contributed by atoms with Crippen molar-refractivity contribution in [2.75, 3.05) is 0 Å². The molecule has 0 saturated heterocycles. The Hall–Kier alpha value is -0.410. The molecule has 0 amide bonds. The van der Waals surface area contributed by atoms with Crippen LogP contribution in [-0.2, 0) is 6.42 Å². The summed E-state index contributed by atoms with van der Waals surface area (Å²) in [6.45, 7) is 2.07. The maximum Gasteiger partial charge on any atom is 0.0897 e. The molecule has 78 valence electrons. The monoisotopic (exact) mass is 210 g/mol. The van der Waals surface area contributed by atoms with Crippen molar-refractivity contribution in [1.29, 1.82) is 0 Å². The molecule has 1 fully saturated rings. The molecule has 3 heteroatoms. The fourth-order valence-electron chi connectivity index (χ4n) is 2.32. The largest absolute Gasteiger partial charge is 0.328 e. The fourth-order valence-corrected chi connectivity index (χ4v) is 2.94. The summed E-state index contributed by atoms with van der Waals surface area (Å²) in [5.74, 6) is 0.778. The fraction of sp³-hybridized carbons (Fsp3) is 0.727. The van der Waals surface area contributed by atoms with E-state index in [1.807, 2.05) is 0 Å². The lowest BCUT2D eigenvalue weighted by molar-refractivity contribution is 0.319. The second-order valence-electron chi connectivity index (χ2n) is 4.35. The van der Waals surface area contributed by atoms with Gasteiger partial charge in [-0.3, -0.25) is 0 Å². The smallest absolute Gasteiger partial charge is 0.0897 e. The molecule has 14 heavy (non-hydrogen) atoms. The number of aryl methyl sites for hydroxylation is 1. The summed E-state index contributed by atoms with van der Waals surface area (Å²) in [4.78, 5) is 4.51. The van der Waals surface area contributed by atoms with Crippen LogP contribution < -0.4 is 5.73 Å². The topological polar surface area (TPSA) is 38.9 Å². The lowest BCUT2D eigenvalue weighted by atomic mass is 9.83. The summed E-state index contributed by atoms with van der Waals surface area (Å²) in [5.41, 5.74) is 7.24. The molecule has 2 rings (SSSR count). The van der Waals surface area contributed by atoms with E-state index >= 15 is 0 Å². The Labute approximate surface area is 89.5 Å². The van der Waals surface area contributed by atoms with Crippen molar-refractivity contribution in [2.45, 2.75) is 45.1 Å². The predicted octanol–water partition coefficient (Wildman–Crippen LogP) is 2.51. The van der Waals surface area contributed by atoms with E-state index in [4.69, 9.17) is 5.73 Å². The molecule has 0 aromatic carbocycles. The first-order chi connectivity index (χ1) is 6.74. The number of rotatable bonds is 2. The number of thiazole rings is 1. The molecule has 1 aromatic rings. The van der Waals surface area contributed by atoms with E-state index in [1.165, 1.54) is 36.4 Å². The van der Waals surface area contributed by atoms with Gasteiger partial charge in [0.25, 0.3) is 0 Å². The lowest BCUT2D eigenvalue weighted by Gasteiger charge is -2.25. The van der Waals surface area contributed by atoms with Gasteiger partial charge in [0.05, 0.1) is 10.7 Å². The zero-order valence-corrected chi connectivity index (χ0v) is 9.52. The van der Waals surface area contributed by atoms with Gasteiger partial charge in [-0.15, -0.1) is 11.3 Å². The first kappa shape index (κ1) is 10.1. The number of aromatic nitrogens is 1. The molecule has 0 spiro atoms. The Morgan fingerprint density at radius 1 is 1.57 bits per heavy atom. The normalized spacial score (nSPS) is 27.9. The third-order valence-corrected chi connectivity index (χ3v) is 3.81. The number of nitrogens with zero attached hydrogens (tertiary/aromatic N) is 1. The SMILES string of the molecule is Cc1nc(CC2CCCC(N)C2)cs1. The van der Waals surface area contributed by atoms with Crippen LogP contribution in [0, 0.1) is 12.8 Å². The second-order valence-corrected chi connectivity index (χ2v) is 5.42. The van der Waals surface area contributed by atoms with E-state index in [-0.39, 0.29) is 0 Å². The molecule has 1 aromatic heterocycles. The third kappa shape index (κ3) is 2.55. The first-order valence-electron chi connectivity index (χ1n) is 5.40. The van der Waals surface area contributed by atoms with E-state index in [0.717, 1.165) is 12.3 Å². The quantitative estimate of drug-likeness (QED) is 0.814. The van der Waals surface area contributed by atoms with E-state index < -0.39 is 0 Å². The van der Waals surface area contributed by atoms with Gasteiger partial charge in [0.1, 0.15) is 0 Å². The van der Waals surface area contributed by atoms with E-state index in [9.17, 15) is 0 Å². The van der Waals surface area contributed by atoms with E-state index in [0.29, 0.717) is 6.04 Å². The summed E-state index contributed by atoms with van der Waals surface area (Å²) in [5, 5.41) is 3.37. The molecular formula is C11H18N2S. The Balaban J connectivity index is 1.90. The van der Waals surface area contributed by atoms with Gasteiger partial charge in [-0.1, -0.05) is 6.42 Å². The maximum atomic E-state index is 5.97. The van der Waals surface area contributed by atoms with Crippen LogP contribution in [0.1, 0.15) is 36.4 Å². The highest BCUT2D eigenvalue weighted by Gasteiger charge is 2.19. The molecule has 2 N–H and O–H groups in total. The zero-order valence-electron chi connectivity index (χ0n) is 8.70. The zero-order chi connectivity index (χ0) is 9.97. The maximum absolute atomic E-state index is 5.97. The molecule has 2 atom stereocenters. The van der Waals surface area contributed by atoms with Gasteiger partial charge in [0.2, 0.25) is 0 Å². The van der Waals surface area contributed by atoms with Gasteiger partial charge in [0, 0.05) is 11.4 Å². The van der Waals surface area contributed by atoms with Crippen LogP contribution in [0.4, 0.5) is 0 Å². The summed E-state index contributed by atoms with van der Waals surface area (Å²) in [7, 11) is 0. The first-order valence-corrected chi connectivity index (χ1v) is 6.28. The minimum absolute atomic E-state index is 0.438. The number of hydrogen-bond acceptors (Lipinski definition) is 3. The number of hydrogen-bond donors (Lipinski definition) is 1. The van der Waals surface area contributed by atoms with Crippen LogP contribution in [-0.4, -0.2) is 11.0 Å². The molecule has 1 heterocycles. The highest BCUT2D eigenvalue weighted by Crippen LogP contribution is 2.26. The van der Waals surface area contributed by atoms with Gasteiger partial charge < -0.3 is 5.73 Å². The molecule has 1 aliphatic rings. The van der Waals surface area contributed by atoms with Crippen molar-refractivity contribution in [1.82, 2.24) is 4.98 Å². The van der Waals surface area contributed by atoms with Crippen molar-refractivity contribution in [2.24, 2.45) is 11.7 Å². The summed E-state index contributed by atoms with van der Waals surface area (Å²) in [6.07, 6.45) is 6.18. The van der Waals surface area contributed by atoms with E-state index in [1.54, 1.807) is 11.3 Å². The average Bonchev–Trinajstić information content (AvgIpc) is 2.51. The lowest BCUT2D eigenvalue weighted by Crippen LogP contribution is -2.28. The number of nitrogens with two attached hydrogens (primary N) is 1. The Morgan fingerprint density at radius 2 is 2.43 bits per heavy atom. The second kappa shape index (κ2) is 4.41. The van der Waals surface area contributed by atoms with Crippen LogP contribution >= 0.6 is 11.3 Å². The van der Waals surface area contributed by atoms with Crippen molar-refractivity contribution in [3.05, 3.63) is 16.1 Å². The van der Waals surface area contributed by atoms with Crippen LogP contribution in [0.25, 0.3) is 0 Å². The Bertz CT molecular complexity index is 295. The standard InChI is InChI=1S/C11H18N2S/c1-8-13-11(7-14-8)6-9-3-2-4-10(12)5-9/h7,9-10H,2-6,12H2,1H3.